The average Bonchev–Trinajstić information content (AvgIpc) is 3.17. The minimum Gasteiger partial charge on any atom is -0.481 e. The number of ether oxygens (including phenoxy) is 3. The molecule has 2 aliphatic rings. The van der Waals surface area contributed by atoms with Crippen molar-refractivity contribution in [2.45, 2.75) is 90.7 Å². The summed E-state index contributed by atoms with van der Waals surface area (Å²) in [6, 6.07) is 7.76. The number of hydrogen-bond donors (Lipinski definition) is 1. The molecule has 9 heteroatoms. The first-order valence-corrected chi connectivity index (χ1v) is 14.3. The van der Waals surface area contributed by atoms with Crippen LogP contribution in [0.15, 0.2) is 41.0 Å². The van der Waals surface area contributed by atoms with Crippen LogP contribution in [0.3, 0.4) is 0 Å². The number of nitrogens with zero attached hydrogens (tertiary/aromatic N) is 2. The quantitative estimate of drug-likeness (QED) is 0.358. The van der Waals surface area contributed by atoms with Crippen LogP contribution in [0.1, 0.15) is 82.5 Å². The van der Waals surface area contributed by atoms with Gasteiger partial charge in [-0.3, -0.25) is 4.90 Å². The molecule has 1 aliphatic heterocycles. The molecule has 0 radical (unpaired) electrons. The Hall–Kier alpha value is -2.65. The lowest BCUT2D eigenvalue weighted by Crippen LogP contribution is -2.47. The number of carboxylic acid groups (broad SMARTS) is 1. The summed E-state index contributed by atoms with van der Waals surface area (Å²) in [5, 5.41) is 10.5. The van der Waals surface area contributed by atoms with Gasteiger partial charge < -0.3 is 19.3 Å². The summed E-state index contributed by atoms with van der Waals surface area (Å²) in [7, 11) is 1.58. The van der Waals surface area contributed by atoms with Gasteiger partial charge in [0.15, 0.2) is 0 Å². The number of pyridine rings is 1. The Kier molecular flexibility index (Phi) is 8.91. The van der Waals surface area contributed by atoms with E-state index in [1.165, 1.54) is 11.3 Å². The molecule has 1 saturated carbocycles. The van der Waals surface area contributed by atoms with E-state index in [9.17, 15) is 14.7 Å². The van der Waals surface area contributed by atoms with Crippen molar-refractivity contribution < 1.29 is 28.9 Å². The summed E-state index contributed by atoms with van der Waals surface area (Å²) in [5.74, 6) is -0.668. The first-order valence-electron chi connectivity index (χ1n) is 13.5. The van der Waals surface area contributed by atoms with Gasteiger partial charge in [-0.05, 0) is 61.3 Å². The zero-order valence-electron chi connectivity index (χ0n) is 23.5. The fourth-order valence-electron chi connectivity index (χ4n) is 5.80. The fourth-order valence-corrected chi connectivity index (χ4v) is 6.32. The van der Waals surface area contributed by atoms with Crippen LogP contribution in [0.25, 0.3) is 0 Å². The van der Waals surface area contributed by atoms with E-state index < -0.39 is 47.7 Å². The molecule has 2 heterocycles. The van der Waals surface area contributed by atoms with Crippen molar-refractivity contribution in [1.82, 2.24) is 9.88 Å². The van der Waals surface area contributed by atoms with Crippen LogP contribution >= 0.6 is 15.9 Å². The number of aliphatic carboxylic acids is 1. The van der Waals surface area contributed by atoms with E-state index in [1.807, 2.05) is 51.2 Å². The van der Waals surface area contributed by atoms with Crippen LogP contribution in [0.2, 0.25) is 0 Å². The molecule has 1 aliphatic carbocycles. The first kappa shape index (κ1) is 29.3. The van der Waals surface area contributed by atoms with Crippen LogP contribution in [0.4, 0.5) is 4.79 Å². The summed E-state index contributed by atoms with van der Waals surface area (Å²) >= 11 is 3.64. The fraction of sp³-hybridized carbons (Fsp3) is 0.567. The average molecular weight is 604 g/mol. The van der Waals surface area contributed by atoms with Crippen LogP contribution in [0.5, 0.6) is 5.88 Å². The van der Waals surface area contributed by atoms with E-state index in [4.69, 9.17) is 14.2 Å². The number of methoxy groups -OCH3 is 1. The van der Waals surface area contributed by atoms with E-state index >= 15 is 0 Å². The highest BCUT2D eigenvalue weighted by Gasteiger charge is 2.59. The smallest absolute Gasteiger partial charge is 0.411 e. The molecule has 0 spiro atoms. The Labute approximate surface area is 239 Å². The molecule has 8 nitrogen and oxygen atoms in total. The van der Waals surface area contributed by atoms with Gasteiger partial charge in [0.25, 0.3) is 0 Å². The van der Waals surface area contributed by atoms with E-state index in [-0.39, 0.29) is 6.61 Å². The van der Waals surface area contributed by atoms with E-state index in [2.05, 4.69) is 27.0 Å². The van der Waals surface area contributed by atoms with Crippen LogP contribution < -0.4 is 4.74 Å². The van der Waals surface area contributed by atoms with Gasteiger partial charge in [0, 0.05) is 22.2 Å². The standard InChI is InChI=1S/C30H39BrN2O6/c1-17(2)39-29(36)33-24(21-12-7-8-13-22(21)31)26(23(30(3,4)5)25(33)28(34)35)38-16-20-14-19(18-10-9-11-18)15-32-27(20)37-6/h7-8,12-15,17-18,23-26H,9-11,16H2,1-6H3,(H,34,35)/t23-,24+,25+,26-/m1/s1. The van der Waals surface area contributed by atoms with E-state index in [0.29, 0.717) is 11.8 Å². The second-order valence-corrected chi connectivity index (χ2v) is 12.7. The molecule has 0 unspecified atom stereocenters. The van der Waals surface area contributed by atoms with E-state index in [0.717, 1.165) is 34.0 Å². The Balaban J connectivity index is 1.80. The second kappa shape index (κ2) is 11.8. The number of hydrogen-bond acceptors (Lipinski definition) is 6. The van der Waals surface area contributed by atoms with Gasteiger partial charge in [-0.2, -0.15) is 0 Å². The van der Waals surface area contributed by atoms with Crippen LogP contribution in [-0.2, 0) is 20.9 Å². The van der Waals surface area contributed by atoms with Gasteiger partial charge in [-0.1, -0.05) is 61.3 Å². The zero-order valence-corrected chi connectivity index (χ0v) is 25.1. The predicted octanol–water partition coefficient (Wildman–Crippen LogP) is 6.72. The maximum absolute atomic E-state index is 13.6. The van der Waals surface area contributed by atoms with Crippen molar-refractivity contribution >= 4 is 28.0 Å². The second-order valence-electron chi connectivity index (χ2n) is 11.8. The third-order valence-electron chi connectivity index (χ3n) is 7.78. The molecule has 1 amide bonds. The largest absolute Gasteiger partial charge is 0.481 e. The third kappa shape index (κ3) is 6.09. The number of amides is 1. The molecule has 1 saturated heterocycles. The molecule has 2 aromatic rings. The number of carbonyl (C=O) groups excluding carboxylic acids is 1. The molecule has 1 aromatic carbocycles. The lowest BCUT2D eigenvalue weighted by atomic mass is 9.73. The van der Waals surface area contributed by atoms with Crippen LogP contribution in [0, 0.1) is 11.3 Å². The van der Waals surface area contributed by atoms with Gasteiger partial charge in [-0.25, -0.2) is 14.6 Å². The minimum atomic E-state index is -1.15. The van der Waals surface area contributed by atoms with Crippen molar-refractivity contribution in [3.05, 3.63) is 57.7 Å². The van der Waals surface area contributed by atoms with Gasteiger partial charge in [0.1, 0.15) is 6.04 Å². The highest BCUT2D eigenvalue weighted by Crippen LogP contribution is 2.51. The summed E-state index contributed by atoms with van der Waals surface area (Å²) in [4.78, 5) is 32.3. The molecular formula is C30H39BrN2O6. The van der Waals surface area contributed by atoms with Crippen LogP contribution in [-0.4, -0.2) is 52.4 Å². The highest BCUT2D eigenvalue weighted by atomic mass is 79.9. The molecule has 1 N–H and O–H groups in total. The number of carboxylic acids is 1. The van der Waals surface area contributed by atoms with Crippen molar-refractivity contribution in [3.63, 3.8) is 0 Å². The van der Waals surface area contributed by atoms with Gasteiger partial charge in [-0.15, -0.1) is 0 Å². The molecule has 1 aromatic heterocycles. The van der Waals surface area contributed by atoms with Gasteiger partial charge >= 0.3 is 12.1 Å². The van der Waals surface area contributed by atoms with Crippen molar-refractivity contribution in [1.29, 1.82) is 0 Å². The van der Waals surface area contributed by atoms with Crippen molar-refractivity contribution in [2.75, 3.05) is 7.11 Å². The Morgan fingerprint density at radius 3 is 2.44 bits per heavy atom. The number of likely N-dealkylation sites (tertiary alicyclic amines) is 1. The highest BCUT2D eigenvalue weighted by molar-refractivity contribution is 9.10. The van der Waals surface area contributed by atoms with Crippen molar-refractivity contribution in [3.8, 4) is 5.88 Å². The molecule has 4 rings (SSSR count). The normalized spacial score (nSPS) is 23.5. The van der Waals surface area contributed by atoms with Gasteiger partial charge in [0.05, 0.1) is 32.0 Å². The summed E-state index contributed by atoms with van der Waals surface area (Å²) in [5.41, 5.74) is 2.20. The maximum Gasteiger partial charge on any atom is 0.411 e. The summed E-state index contributed by atoms with van der Waals surface area (Å²) < 4.78 is 18.6. The topological polar surface area (TPSA) is 98.2 Å². The predicted molar refractivity (Wildman–Crippen MR) is 151 cm³/mol. The number of aromatic nitrogens is 1. The Morgan fingerprint density at radius 2 is 1.90 bits per heavy atom. The lowest BCUT2D eigenvalue weighted by molar-refractivity contribution is -0.145. The molecule has 4 atom stereocenters. The number of carbonyl (C=O) groups is 2. The Bertz CT molecular complexity index is 1190. The number of rotatable bonds is 8. The molecule has 0 bridgehead atoms. The monoisotopic (exact) mass is 602 g/mol. The minimum absolute atomic E-state index is 0.161. The van der Waals surface area contributed by atoms with Gasteiger partial charge in [0.2, 0.25) is 5.88 Å². The number of benzene rings is 1. The summed E-state index contributed by atoms with van der Waals surface area (Å²) in [6.45, 7) is 9.61. The molecule has 39 heavy (non-hydrogen) atoms. The third-order valence-corrected chi connectivity index (χ3v) is 8.50. The SMILES string of the molecule is COc1ncc(C2CCC2)cc1CO[C@@H]1[C@H](C(C)(C)C)[C@@H](C(=O)O)N(C(=O)OC(C)C)[C@H]1c1ccccc1Br. The molecular weight excluding hydrogens is 564 g/mol. The molecule has 212 valence electrons. The molecule has 2 fully saturated rings. The number of halogens is 1. The lowest BCUT2D eigenvalue weighted by Gasteiger charge is -2.35. The van der Waals surface area contributed by atoms with Crippen molar-refractivity contribution in [2.24, 2.45) is 11.3 Å². The summed E-state index contributed by atoms with van der Waals surface area (Å²) in [6.07, 6.45) is 3.62. The Morgan fingerprint density at radius 1 is 1.21 bits per heavy atom. The first-order chi connectivity index (χ1) is 18.4. The zero-order chi connectivity index (χ0) is 28.5. The maximum atomic E-state index is 13.6. The van der Waals surface area contributed by atoms with E-state index in [1.54, 1.807) is 21.0 Å².